The molecule has 1 fully saturated rings. The molecule has 168 valence electrons. The van der Waals surface area contributed by atoms with Gasteiger partial charge in [0.15, 0.2) is 0 Å². The Labute approximate surface area is 185 Å². The Bertz CT molecular complexity index is 1010. The molecule has 1 heterocycles. The molecular formula is C24H32N2O4S. The van der Waals surface area contributed by atoms with Crippen LogP contribution in [0.3, 0.4) is 0 Å². The summed E-state index contributed by atoms with van der Waals surface area (Å²) in [5.74, 6) is 1.03. The lowest BCUT2D eigenvalue weighted by Gasteiger charge is -2.29. The first-order valence-corrected chi connectivity index (χ1v) is 12.3. The lowest BCUT2D eigenvalue weighted by atomic mass is 10.0. The van der Waals surface area contributed by atoms with E-state index in [0.29, 0.717) is 31.1 Å². The second-order valence-corrected chi connectivity index (χ2v) is 10.5. The van der Waals surface area contributed by atoms with E-state index >= 15 is 0 Å². The monoisotopic (exact) mass is 444 g/mol. The summed E-state index contributed by atoms with van der Waals surface area (Å²) in [5.41, 5.74) is 2.06. The largest absolute Gasteiger partial charge is 0.491 e. The summed E-state index contributed by atoms with van der Waals surface area (Å²) in [6.07, 6.45) is 1.82. The van der Waals surface area contributed by atoms with Crippen LogP contribution >= 0.6 is 0 Å². The Morgan fingerprint density at radius 2 is 1.77 bits per heavy atom. The number of carbonyl (C=O) groups excluding carboxylic acids is 1. The third-order valence-electron chi connectivity index (χ3n) is 5.58. The van der Waals surface area contributed by atoms with Crippen molar-refractivity contribution in [2.24, 2.45) is 5.92 Å². The summed E-state index contributed by atoms with van der Waals surface area (Å²) < 4.78 is 33.3. The minimum absolute atomic E-state index is 0.102. The van der Waals surface area contributed by atoms with Crippen LogP contribution in [-0.2, 0) is 16.6 Å². The molecule has 0 bridgehead atoms. The molecule has 1 aliphatic rings. The number of hydrogen-bond acceptors (Lipinski definition) is 4. The molecule has 2 aromatic carbocycles. The molecule has 0 spiro atoms. The summed E-state index contributed by atoms with van der Waals surface area (Å²) in [4.78, 5) is 13.0. The first-order chi connectivity index (χ1) is 14.7. The number of benzene rings is 2. The van der Waals surface area contributed by atoms with Gasteiger partial charge in [0.2, 0.25) is 10.0 Å². The lowest BCUT2D eigenvalue weighted by Crippen LogP contribution is -2.38. The van der Waals surface area contributed by atoms with Crippen LogP contribution in [0.25, 0.3) is 0 Å². The van der Waals surface area contributed by atoms with Crippen LogP contribution in [-0.4, -0.2) is 37.8 Å². The van der Waals surface area contributed by atoms with Crippen molar-refractivity contribution in [3.8, 4) is 5.75 Å². The molecular weight excluding hydrogens is 412 g/mol. The highest BCUT2D eigenvalue weighted by Crippen LogP contribution is 2.25. The standard InChI is InChI=1S/C24H32N2O4S/c1-17(2)30-21-8-6-20(7-9-21)16-25-24(27)23-15-22(10-5-19(23)4)31(28,29)26-13-11-18(3)12-14-26/h5-10,15,17-18H,11-14,16H2,1-4H3,(H,25,27). The fraction of sp³-hybridized carbons (Fsp3) is 0.458. The summed E-state index contributed by atoms with van der Waals surface area (Å²) in [6, 6.07) is 12.3. The van der Waals surface area contributed by atoms with Crippen LogP contribution < -0.4 is 10.1 Å². The maximum Gasteiger partial charge on any atom is 0.251 e. The minimum atomic E-state index is -3.60. The molecule has 1 amide bonds. The van der Waals surface area contributed by atoms with Gasteiger partial charge >= 0.3 is 0 Å². The number of ether oxygens (including phenoxy) is 1. The number of amides is 1. The van der Waals surface area contributed by atoms with Gasteiger partial charge in [-0.1, -0.05) is 25.1 Å². The molecule has 0 radical (unpaired) electrons. The first-order valence-electron chi connectivity index (χ1n) is 10.8. The SMILES string of the molecule is Cc1ccc(S(=O)(=O)N2CCC(C)CC2)cc1C(=O)NCc1ccc(OC(C)C)cc1. The van der Waals surface area contributed by atoms with Crippen molar-refractivity contribution in [3.05, 3.63) is 59.2 Å². The van der Waals surface area contributed by atoms with Crippen molar-refractivity contribution in [1.82, 2.24) is 9.62 Å². The third-order valence-corrected chi connectivity index (χ3v) is 7.48. The van der Waals surface area contributed by atoms with Crippen LogP contribution in [0.5, 0.6) is 5.75 Å². The number of nitrogens with one attached hydrogen (secondary N) is 1. The number of aryl methyl sites for hydroxylation is 1. The van der Waals surface area contributed by atoms with E-state index < -0.39 is 10.0 Å². The van der Waals surface area contributed by atoms with Crippen LogP contribution in [0.1, 0.15) is 55.1 Å². The molecule has 7 heteroatoms. The zero-order chi connectivity index (χ0) is 22.6. The highest BCUT2D eigenvalue weighted by atomic mass is 32.2. The van der Waals surface area contributed by atoms with Gasteiger partial charge in [0.05, 0.1) is 11.0 Å². The number of sulfonamides is 1. The van der Waals surface area contributed by atoms with Crippen LogP contribution in [0, 0.1) is 12.8 Å². The average molecular weight is 445 g/mol. The van der Waals surface area contributed by atoms with Crippen molar-refractivity contribution >= 4 is 15.9 Å². The Kier molecular flexibility index (Phi) is 7.38. The van der Waals surface area contributed by atoms with Crippen molar-refractivity contribution in [3.63, 3.8) is 0 Å². The highest BCUT2D eigenvalue weighted by molar-refractivity contribution is 7.89. The molecule has 0 unspecified atom stereocenters. The smallest absolute Gasteiger partial charge is 0.251 e. The maximum atomic E-state index is 13.0. The van der Waals surface area contributed by atoms with Gasteiger partial charge in [-0.05, 0) is 74.9 Å². The van der Waals surface area contributed by atoms with E-state index in [4.69, 9.17) is 4.74 Å². The summed E-state index contributed by atoms with van der Waals surface area (Å²) >= 11 is 0. The van der Waals surface area contributed by atoms with Gasteiger partial charge in [-0.15, -0.1) is 0 Å². The van der Waals surface area contributed by atoms with E-state index in [0.717, 1.165) is 29.7 Å². The summed E-state index contributed by atoms with van der Waals surface area (Å²) in [5, 5.41) is 2.89. The van der Waals surface area contributed by atoms with Gasteiger partial charge in [-0.3, -0.25) is 4.79 Å². The predicted molar refractivity (Wildman–Crippen MR) is 122 cm³/mol. The number of piperidine rings is 1. The van der Waals surface area contributed by atoms with Gasteiger partial charge in [-0.25, -0.2) is 8.42 Å². The molecule has 2 aromatic rings. The van der Waals surface area contributed by atoms with Crippen LogP contribution in [0.15, 0.2) is 47.4 Å². The van der Waals surface area contributed by atoms with Gasteiger partial charge in [0.1, 0.15) is 5.75 Å². The van der Waals surface area contributed by atoms with Crippen molar-refractivity contribution in [1.29, 1.82) is 0 Å². The van der Waals surface area contributed by atoms with E-state index in [1.54, 1.807) is 12.1 Å². The van der Waals surface area contributed by atoms with Gasteiger partial charge in [0, 0.05) is 25.2 Å². The topological polar surface area (TPSA) is 75.7 Å². The molecule has 3 rings (SSSR count). The van der Waals surface area contributed by atoms with E-state index in [2.05, 4.69) is 12.2 Å². The highest BCUT2D eigenvalue weighted by Gasteiger charge is 2.28. The van der Waals surface area contributed by atoms with E-state index in [-0.39, 0.29) is 16.9 Å². The fourth-order valence-corrected chi connectivity index (χ4v) is 5.11. The number of rotatable bonds is 7. The zero-order valence-corrected chi connectivity index (χ0v) is 19.5. The second-order valence-electron chi connectivity index (χ2n) is 8.56. The lowest BCUT2D eigenvalue weighted by molar-refractivity contribution is 0.0950. The van der Waals surface area contributed by atoms with Crippen LogP contribution in [0.4, 0.5) is 0 Å². The molecule has 1 saturated heterocycles. The number of carbonyl (C=O) groups is 1. The van der Waals surface area contributed by atoms with Gasteiger partial charge in [-0.2, -0.15) is 4.31 Å². The zero-order valence-electron chi connectivity index (χ0n) is 18.7. The number of hydrogen-bond donors (Lipinski definition) is 1. The molecule has 0 atom stereocenters. The fourth-order valence-electron chi connectivity index (χ4n) is 3.62. The quantitative estimate of drug-likeness (QED) is 0.697. The maximum absolute atomic E-state index is 13.0. The second kappa shape index (κ2) is 9.83. The predicted octanol–water partition coefficient (Wildman–Crippen LogP) is 4.13. The van der Waals surface area contributed by atoms with Gasteiger partial charge in [0.25, 0.3) is 5.91 Å². The Hall–Kier alpha value is -2.38. The van der Waals surface area contributed by atoms with Crippen molar-refractivity contribution < 1.29 is 17.9 Å². The minimum Gasteiger partial charge on any atom is -0.491 e. The Balaban J connectivity index is 1.70. The van der Waals surface area contributed by atoms with E-state index in [1.165, 1.54) is 10.4 Å². The Morgan fingerprint density at radius 1 is 1.13 bits per heavy atom. The van der Waals surface area contributed by atoms with Crippen molar-refractivity contribution in [2.75, 3.05) is 13.1 Å². The Morgan fingerprint density at radius 3 is 2.39 bits per heavy atom. The summed E-state index contributed by atoms with van der Waals surface area (Å²) in [6.45, 7) is 9.29. The van der Waals surface area contributed by atoms with Crippen molar-refractivity contribution in [2.45, 2.75) is 58.1 Å². The first kappa shape index (κ1) is 23.3. The average Bonchev–Trinajstić information content (AvgIpc) is 2.73. The molecule has 31 heavy (non-hydrogen) atoms. The molecule has 0 saturated carbocycles. The molecule has 1 aliphatic heterocycles. The molecule has 0 aliphatic carbocycles. The van der Waals surface area contributed by atoms with E-state index in [9.17, 15) is 13.2 Å². The van der Waals surface area contributed by atoms with Crippen LogP contribution in [0.2, 0.25) is 0 Å². The van der Waals surface area contributed by atoms with E-state index in [1.807, 2.05) is 45.0 Å². The third kappa shape index (κ3) is 5.86. The summed E-state index contributed by atoms with van der Waals surface area (Å²) in [7, 11) is -3.60. The number of nitrogens with zero attached hydrogens (tertiary/aromatic N) is 1. The molecule has 1 N–H and O–H groups in total. The van der Waals surface area contributed by atoms with Gasteiger partial charge < -0.3 is 10.1 Å². The normalized spacial score (nSPS) is 15.8. The molecule has 6 nitrogen and oxygen atoms in total. The molecule has 0 aromatic heterocycles.